The van der Waals surface area contributed by atoms with Crippen LogP contribution in [0.3, 0.4) is 0 Å². The molecular formula is C12H24Cl2O3. The molecule has 0 aromatic carbocycles. The number of alkyl halides is 2. The van der Waals surface area contributed by atoms with E-state index < -0.39 is 0 Å². The molecule has 4 unspecified atom stereocenters. The fraction of sp³-hybridized carbons (Fsp3) is 1.00. The number of rotatable bonds is 10. The fourth-order valence-electron chi connectivity index (χ4n) is 1.29. The van der Waals surface area contributed by atoms with Gasteiger partial charge in [-0.2, -0.15) is 0 Å². The quantitative estimate of drug-likeness (QED) is 0.578. The molecule has 0 rings (SSSR count). The largest absolute Gasteiger partial charge is 0.375 e. The molecule has 0 aliphatic carbocycles. The summed E-state index contributed by atoms with van der Waals surface area (Å²) in [6, 6.07) is 0. The molecule has 0 saturated heterocycles. The summed E-state index contributed by atoms with van der Waals surface area (Å²) in [5.41, 5.74) is 0. The van der Waals surface area contributed by atoms with Crippen molar-refractivity contribution in [2.24, 2.45) is 0 Å². The number of halogens is 2. The average molecular weight is 287 g/mol. The standard InChI is InChI=1S/C12H24Cl2O3/c1-9(15-7-5-13)11(3)17-12(4)10(2)16-8-6-14/h9-12H,5-8H2,1-4H3. The Bertz CT molecular complexity index is 163. The van der Waals surface area contributed by atoms with E-state index in [2.05, 4.69) is 0 Å². The Balaban J connectivity index is 3.87. The molecule has 0 radical (unpaired) electrons. The molecule has 17 heavy (non-hydrogen) atoms. The molecule has 0 saturated carbocycles. The zero-order chi connectivity index (χ0) is 13.3. The minimum Gasteiger partial charge on any atom is -0.375 e. The van der Waals surface area contributed by atoms with Gasteiger partial charge in [0.1, 0.15) is 0 Å². The lowest BCUT2D eigenvalue weighted by molar-refractivity contribution is -0.120. The highest BCUT2D eigenvalue weighted by molar-refractivity contribution is 6.18. The van der Waals surface area contributed by atoms with E-state index >= 15 is 0 Å². The van der Waals surface area contributed by atoms with Crippen LogP contribution in [-0.2, 0) is 14.2 Å². The summed E-state index contributed by atoms with van der Waals surface area (Å²) in [5, 5.41) is 0. The third-order valence-electron chi connectivity index (χ3n) is 2.67. The van der Waals surface area contributed by atoms with Gasteiger partial charge in [0, 0.05) is 11.8 Å². The van der Waals surface area contributed by atoms with Crippen molar-refractivity contribution in [2.45, 2.75) is 52.1 Å². The van der Waals surface area contributed by atoms with Gasteiger partial charge >= 0.3 is 0 Å². The minimum atomic E-state index is 0.00951. The van der Waals surface area contributed by atoms with E-state index in [-0.39, 0.29) is 24.4 Å². The van der Waals surface area contributed by atoms with Crippen molar-refractivity contribution < 1.29 is 14.2 Å². The maximum atomic E-state index is 5.83. The third kappa shape index (κ3) is 8.22. The first kappa shape index (κ1) is 17.5. The van der Waals surface area contributed by atoms with Crippen LogP contribution in [0.1, 0.15) is 27.7 Å². The summed E-state index contributed by atoms with van der Waals surface area (Å²) in [6.07, 6.45) is 0.0680. The van der Waals surface area contributed by atoms with Gasteiger partial charge in [-0.25, -0.2) is 0 Å². The lowest BCUT2D eigenvalue weighted by Gasteiger charge is -2.27. The van der Waals surface area contributed by atoms with Gasteiger partial charge < -0.3 is 14.2 Å². The second-order valence-electron chi connectivity index (χ2n) is 4.08. The molecule has 0 fully saturated rings. The zero-order valence-corrected chi connectivity index (χ0v) is 12.6. The Morgan fingerprint density at radius 3 is 1.35 bits per heavy atom. The van der Waals surface area contributed by atoms with Crippen molar-refractivity contribution in [1.29, 1.82) is 0 Å². The van der Waals surface area contributed by atoms with Crippen LogP contribution in [0, 0.1) is 0 Å². The highest BCUT2D eigenvalue weighted by Gasteiger charge is 2.20. The zero-order valence-electron chi connectivity index (χ0n) is 11.1. The topological polar surface area (TPSA) is 27.7 Å². The van der Waals surface area contributed by atoms with Gasteiger partial charge in [-0.3, -0.25) is 0 Å². The Hall–Kier alpha value is 0.460. The van der Waals surface area contributed by atoms with Gasteiger partial charge in [-0.1, -0.05) is 0 Å². The molecule has 0 heterocycles. The molecule has 0 N–H and O–H groups in total. The predicted octanol–water partition coefficient (Wildman–Crippen LogP) is 3.07. The molecule has 0 aliphatic rings. The maximum absolute atomic E-state index is 5.83. The summed E-state index contributed by atoms with van der Waals surface area (Å²) in [5.74, 6) is 1.00. The Labute approximate surface area is 115 Å². The summed E-state index contributed by atoms with van der Waals surface area (Å²) in [4.78, 5) is 0. The van der Waals surface area contributed by atoms with Crippen molar-refractivity contribution in [2.75, 3.05) is 25.0 Å². The van der Waals surface area contributed by atoms with E-state index in [1.807, 2.05) is 27.7 Å². The highest BCUT2D eigenvalue weighted by atomic mass is 35.5. The van der Waals surface area contributed by atoms with E-state index in [1.165, 1.54) is 0 Å². The average Bonchev–Trinajstić information content (AvgIpc) is 2.32. The highest BCUT2D eigenvalue weighted by Crippen LogP contribution is 2.11. The molecule has 0 amide bonds. The summed E-state index contributed by atoms with van der Waals surface area (Å²) < 4.78 is 16.8. The van der Waals surface area contributed by atoms with E-state index in [4.69, 9.17) is 37.4 Å². The molecule has 0 aromatic rings. The normalized spacial score (nSPS) is 18.7. The van der Waals surface area contributed by atoms with Crippen LogP contribution in [-0.4, -0.2) is 49.4 Å². The fourth-order valence-corrected chi connectivity index (χ4v) is 1.47. The summed E-state index contributed by atoms with van der Waals surface area (Å²) >= 11 is 11.1. The van der Waals surface area contributed by atoms with Gasteiger partial charge in [-0.05, 0) is 27.7 Å². The first-order valence-electron chi connectivity index (χ1n) is 6.03. The van der Waals surface area contributed by atoms with Gasteiger partial charge in [0.25, 0.3) is 0 Å². The molecule has 5 heteroatoms. The Kier molecular flexibility index (Phi) is 10.7. The molecule has 104 valence electrons. The monoisotopic (exact) mass is 286 g/mol. The van der Waals surface area contributed by atoms with Gasteiger partial charge in [0.15, 0.2) is 0 Å². The minimum absolute atomic E-state index is 0.00951. The summed E-state index contributed by atoms with van der Waals surface area (Å²) in [6.45, 7) is 9.03. The molecule has 0 aliphatic heterocycles. The van der Waals surface area contributed by atoms with Crippen LogP contribution in [0.2, 0.25) is 0 Å². The molecular weight excluding hydrogens is 263 g/mol. The molecule has 4 atom stereocenters. The van der Waals surface area contributed by atoms with Gasteiger partial charge in [-0.15, -0.1) is 23.2 Å². The third-order valence-corrected chi connectivity index (χ3v) is 2.98. The SMILES string of the molecule is CC(OCCCl)C(C)OC(C)C(C)OCCCl. The smallest absolute Gasteiger partial charge is 0.0810 e. The second-order valence-corrected chi connectivity index (χ2v) is 4.83. The Morgan fingerprint density at radius 2 is 1.06 bits per heavy atom. The van der Waals surface area contributed by atoms with Crippen LogP contribution in [0.25, 0.3) is 0 Å². The summed E-state index contributed by atoms with van der Waals surface area (Å²) in [7, 11) is 0. The first-order valence-corrected chi connectivity index (χ1v) is 7.10. The van der Waals surface area contributed by atoms with Gasteiger partial charge in [0.05, 0.1) is 37.6 Å². The van der Waals surface area contributed by atoms with Crippen molar-refractivity contribution >= 4 is 23.2 Å². The van der Waals surface area contributed by atoms with Crippen molar-refractivity contribution in [3.63, 3.8) is 0 Å². The van der Waals surface area contributed by atoms with Crippen LogP contribution < -0.4 is 0 Å². The van der Waals surface area contributed by atoms with E-state index in [9.17, 15) is 0 Å². The predicted molar refractivity (Wildman–Crippen MR) is 72.3 cm³/mol. The first-order chi connectivity index (χ1) is 8.02. The van der Waals surface area contributed by atoms with Crippen LogP contribution in [0.15, 0.2) is 0 Å². The Morgan fingerprint density at radius 1 is 0.706 bits per heavy atom. The van der Waals surface area contributed by atoms with E-state index in [0.29, 0.717) is 25.0 Å². The maximum Gasteiger partial charge on any atom is 0.0810 e. The van der Waals surface area contributed by atoms with Crippen molar-refractivity contribution in [3.8, 4) is 0 Å². The molecule has 3 nitrogen and oxygen atoms in total. The molecule has 0 bridgehead atoms. The van der Waals surface area contributed by atoms with Crippen molar-refractivity contribution in [1.82, 2.24) is 0 Å². The molecule has 0 spiro atoms. The van der Waals surface area contributed by atoms with E-state index in [1.54, 1.807) is 0 Å². The lowest BCUT2D eigenvalue weighted by Crippen LogP contribution is -2.35. The number of hydrogen-bond acceptors (Lipinski definition) is 3. The lowest BCUT2D eigenvalue weighted by atomic mass is 10.2. The van der Waals surface area contributed by atoms with Crippen LogP contribution in [0.4, 0.5) is 0 Å². The van der Waals surface area contributed by atoms with Crippen LogP contribution >= 0.6 is 23.2 Å². The van der Waals surface area contributed by atoms with Crippen molar-refractivity contribution in [3.05, 3.63) is 0 Å². The second kappa shape index (κ2) is 10.4. The molecule has 0 aromatic heterocycles. The van der Waals surface area contributed by atoms with E-state index in [0.717, 1.165) is 0 Å². The number of ether oxygens (including phenoxy) is 3. The van der Waals surface area contributed by atoms with Crippen LogP contribution in [0.5, 0.6) is 0 Å². The van der Waals surface area contributed by atoms with Gasteiger partial charge in [0.2, 0.25) is 0 Å². The number of hydrogen-bond donors (Lipinski definition) is 0.